The SMILES string of the molecule is CCn1cnc2c(NCc3ccc(-n4nc(C)cc4C)nc3)nc(N3CCOCC3)nc21. The first kappa shape index (κ1) is 20.4. The lowest BCUT2D eigenvalue weighted by Crippen LogP contribution is -2.37. The van der Waals surface area contributed by atoms with Gasteiger partial charge in [0.15, 0.2) is 22.8 Å². The van der Waals surface area contributed by atoms with E-state index in [-0.39, 0.29) is 0 Å². The third-order valence-corrected chi connectivity index (χ3v) is 5.58. The van der Waals surface area contributed by atoms with E-state index in [4.69, 9.17) is 14.7 Å². The number of imidazole rings is 1. The van der Waals surface area contributed by atoms with Crippen molar-refractivity contribution < 1.29 is 4.74 Å². The van der Waals surface area contributed by atoms with Crippen LogP contribution in [0.3, 0.4) is 0 Å². The number of nitrogens with zero attached hydrogens (tertiary/aromatic N) is 8. The molecule has 5 heterocycles. The van der Waals surface area contributed by atoms with Crippen LogP contribution in [0.15, 0.2) is 30.7 Å². The van der Waals surface area contributed by atoms with Gasteiger partial charge in [-0.3, -0.25) is 0 Å². The monoisotopic (exact) mass is 433 g/mol. The summed E-state index contributed by atoms with van der Waals surface area (Å²) in [6.45, 7) is 10.4. The van der Waals surface area contributed by atoms with Crippen LogP contribution in [0.2, 0.25) is 0 Å². The molecule has 1 aliphatic rings. The average Bonchev–Trinajstić information content (AvgIpc) is 3.40. The maximum Gasteiger partial charge on any atom is 0.229 e. The fourth-order valence-corrected chi connectivity index (χ4v) is 3.89. The minimum absolute atomic E-state index is 0.581. The van der Waals surface area contributed by atoms with Crippen molar-refractivity contribution in [3.8, 4) is 5.82 Å². The van der Waals surface area contributed by atoms with E-state index in [1.807, 2.05) is 47.8 Å². The van der Waals surface area contributed by atoms with Crippen LogP contribution >= 0.6 is 0 Å². The van der Waals surface area contributed by atoms with E-state index in [2.05, 4.69) is 38.3 Å². The number of rotatable bonds is 6. The third kappa shape index (κ3) is 3.89. The number of morpholine rings is 1. The summed E-state index contributed by atoms with van der Waals surface area (Å²) in [5, 5.41) is 7.95. The van der Waals surface area contributed by atoms with Gasteiger partial charge in [0, 0.05) is 38.1 Å². The predicted molar refractivity (Wildman–Crippen MR) is 122 cm³/mol. The largest absolute Gasteiger partial charge is 0.378 e. The Bertz CT molecular complexity index is 1220. The van der Waals surface area contributed by atoms with Crippen LogP contribution in [0.5, 0.6) is 0 Å². The fraction of sp³-hybridized carbons (Fsp3) is 0.409. The van der Waals surface area contributed by atoms with Gasteiger partial charge >= 0.3 is 0 Å². The molecule has 1 saturated heterocycles. The molecule has 1 N–H and O–H groups in total. The lowest BCUT2D eigenvalue weighted by molar-refractivity contribution is 0.122. The maximum atomic E-state index is 5.48. The number of anilines is 2. The number of hydrogen-bond acceptors (Lipinski definition) is 8. The molecule has 0 radical (unpaired) electrons. The fourth-order valence-electron chi connectivity index (χ4n) is 3.89. The van der Waals surface area contributed by atoms with Crippen molar-refractivity contribution in [2.24, 2.45) is 0 Å². The number of aromatic nitrogens is 7. The van der Waals surface area contributed by atoms with Gasteiger partial charge in [-0.1, -0.05) is 6.07 Å². The van der Waals surface area contributed by atoms with Crippen LogP contribution in [0.1, 0.15) is 23.9 Å². The molecule has 10 heteroatoms. The lowest BCUT2D eigenvalue weighted by atomic mass is 10.2. The number of pyridine rings is 1. The van der Waals surface area contributed by atoms with E-state index in [1.165, 1.54) is 0 Å². The highest BCUT2D eigenvalue weighted by molar-refractivity contribution is 5.84. The van der Waals surface area contributed by atoms with Gasteiger partial charge in [-0.05, 0) is 38.5 Å². The lowest BCUT2D eigenvalue weighted by Gasteiger charge is -2.27. The Balaban J connectivity index is 1.39. The Morgan fingerprint density at radius 3 is 2.62 bits per heavy atom. The topological polar surface area (TPSA) is 98.8 Å². The smallest absolute Gasteiger partial charge is 0.229 e. The summed E-state index contributed by atoms with van der Waals surface area (Å²) in [7, 11) is 0. The van der Waals surface area contributed by atoms with Gasteiger partial charge in [-0.15, -0.1) is 0 Å². The van der Waals surface area contributed by atoms with Gasteiger partial charge in [0.1, 0.15) is 0 Å². The van der Waals surface area contributed by atoms with E-state index in [1.54, 1.807) is 0 Å². The number of ether oxygens (including phenoxy) is 1. The molecule has 0 aromatic carbocycles. The molecule has 0 amide bonds. The van der Waals surface area contributed by atoms with Crippen molar-refractivity contribution in [3.05, 3.63) is 47.7 Å². The van der Waals surface area contributed by atoms with Gasteiger partial charge in [0.05, 0.1) is 25.2 Å². The summed E-state index contributed by atoms with van der Waals surface area (Å²) in [5.41, 5.74) is 4.70. The number of aryl methyl sites for hydroxylation is 3. The molecule has 0 aliphatic carbocycles. The first-order chi connectivity index (χ1) is 15.6. The van der Waals surface area contributed by atoms with Crippen LogP contribution in [-0.4, -0.2) is 60.6 Å². The molecule has 0 saturated carbocycles. The van der Waals surface area contributed by atoms with Gasteiger partial charge in [0.25, 0.3) is 0 Å². The minimum atomic E-state index is 0.581. The number of fused-ring (bicyclic) bond motifs is 1. The van der Waals surface area contributed by atoms with E-state index >= 15 is 0 Å². The zero-order valence-electron chi connectivity index (χ0n) is 18.6. The minimum Gasteiger partial charge on any atom is -0.378 e. The molecule has 4 aromatic rings. The molecule has 1 fully saturated rings. The van der Waals surface area contributed by atoms with Gasteiger partial charge in [0.2, 0.25) is 5.95 Å². The molecule has 1 aliphatic heterocycles. The maximum absolute atomic E-state index is 5.48. The van der Waals surface area contributed by atoms with Crippen molar-refractivity contribution in [1.82, 2.24) is 34.3 Å². The van der Waals surface area contributed by atoms with Crippen LogP contribution in [0.4, 0.5) is 11.8 Å². The second-order valence-corrected chi connectivity index (χ2v) is 7.89. The van der Waals surface area contributed by atoms with Crippen LogP contribution in [0, 0.1) is 13.8 Å². The van der Waals surface area contributed by atoms with Crippen LogP contribution < -0.4 is 10.2 Å². The van der Waals surface area contributed by atoms with E-state index in [9.17, 15) is 0 Å². The predicted octanol–water partition coefficient (Wildman–Crippen LogP) is 2.49. The Labute approximate surface area is 186 Å². The van der Waals surface area contributed by atoms with Crippen molar-refractivity contribution >= 4 is 22.9 Å². The van der Waals surface area contributed by atoms with Crippen molar-refractivity contribution in [2.75, 3.05) is 36.5 Å². The molecule has 166 valence electrons. The second-order valence-electron chi connectivity index (χ2n) is 7.89. The van der Waals surface area contributed by atoms with E-state index < -0.39 is 0 Å². The zero-order chi connectivity index (χ0) is 22.1. The standard InChI is InChI=1S/C22H27N9O/c1-4-29-14-25-19-20(26-22(27-21(19)29)30-7-9-32-10-8-30)24-13-17-5-6-18(23-12-17)31-16(3)11-15(2)28-31/h5-6,11-12,14H,4,7-10,13H2,1-3H3,(H,24,26,27). The normalized spacial score (nSPS) is 14.3. The quantitative estimate of drug-likeness (QED) is 0.495. The van der Waals surface area contributed by atoms with Gasteiger partial charge in [-0.2, -0.15) is 15.1 Å². The van der Waals surface area contributed by atoms with E-state index in [0.717, 1.165) is 59.4 Å². The summed E-state index contributed by atoms with van der Waals surface area (Å²) in [6.07, 6.45) is 3.68. The average molecular weight is 434 g/mol. The first-order valence-corrected chi connectivity index (χ1v) is 10.9. The molecule has 0 spiro atoms. The molecule has 0 atom stereocenters. The molecule has 32 heavy (non-hydrogen) atoms. The highest BCUT2D eigenvalue weighted by Crippen LogP contribution is 2.24. The molecule has 10 nitrogen and oxygen atoms in total. The molecule has 4 aromatic heterocycles. The summed E-state index contributed by atoms with van der Waals surface area (Å²) in [6, 6.07) is 6.08. The Morgan fingerprint density at radius 1 is 1.09 bits per heavy atom. The Hall–Kier alpha value is -3.53. The van der Waals surface area contributed by atoms with Crippen molar-refractivity contribution in [1.29, 1.82) is 0 Å². The number of nitrogens with one attached hydrogen (secondary N) is 1. The van der Waals surface area contributed by atoms with Crippen molar-refractivity contribution in [3.63, 3.8) is 0 Å². The second kappa shape index (κ2) is 8.54. The highest BCUT2D eigenvalue weighted by Gasteiger charge is 2.19. The summed E-state index contributed by atoms with van der Waals surface area (Å²) < 4.78 is 9.37. The molecular formula is C22H27N9O. The summed E-state index contributed by atoms with van der Waals surface area (Å²) in [5.74, 6) is 2.24. The van der Waals surface area contributed by atoms with Crippen molar-refractivity contribution in [2.45, 2.75) is 33.9 Å². The Morgan fingerprint density at radius 2 is 1.94 bits per heavy atom. The third-order valence-electron chi connectivity index (χ3n) is 5.58. The molecule has 0 unspecified atom stereocenters. The molecule has 0 bridgehead atoms. The molecule has 5 rings (SSSR count). The van der Waals surface area contributed by atoms with Crippen LogP contribution in [0.25, 0.3) is 17.0 Å². The first-order valence-electron chi connectivity index (χ1n) is 10.9. The van der Waals surface area contributed by atoms with Crippen LogP contribution in [-0.2, 0) is 17.8 Å². The summed E-state index contributed by atoms with van der Waals surface area (Å²) in [4.78, 5) is 20.9. The van der Waals surface area contributed by atoms with Gasteiger partial charge < -0.3 is 19.5 Å². The highest BCUT2D eigenvalue weighted by atomic mass is 16.5. The van der Waals surface area contributed by atoms with E-state index in [0.29, 0.717) is 25.7 Å². The Kier molecular flexibility index (Phi) is 5.44. The molecular weight excluding hydrogens is 406 g/mol. The number of hydrogen-bond donors (Lipinski definition) is 1. The zero-order valence-corrected chi connectivity index (χ0v) is 18.6. The summed E-state index contributed by atoms with van der Waals surface area (Å²) >= 11 is 0. The van der Waals surface area contributed by atoms with Gasteiger partial charge in [-0.25, -0.2) is 14.6 Å².